The van der Waals surface area contributed by atoms with E-state index in [1.165, 1.54) is 24.0 Å². The third-order valence-corrected chi connectivity index (χ3v) is 3.65. The SMILES string of the molecule is CN(C)c1onc2c1C(c1ccccc1)CCC2. The third-order valence-electron chi connectivity index (χ3n) is 3.65. The van der Waals surface area contributed by atoms with E-state index < -0.39 is 0 Å². The molecule has 1 aliphatic carbocycles. The molecule has 0 bridgehead atoms. The average molecular weight is 242 g/mol. The molecule has 1 heterocycles. The van der Waals surface area contributed by atoms with Gasteiger partial charge in [-0.05, 0) is 24.8 Å². The first-order chi connectivity index (χ1) is 8.77. The second kappa shape index (κ2) is 4.48. The van der Waals surface area contributed by atoms with Gasteiger partial charge in [0.1, 0.15) is 0 Å². The summed E-state index contributed by atoms with van der Waals surface area (Å²) in [5, 5.41) is 4.24. The molecule has 3 nitrogen and oxygen atoms in total. The summed E-state index contributed by atoms with van der Waals surface area (Å²) in [6.07, 6.45) is 3.40. The number of fused-ring (bicyclic) bond motifs is 1. The summed E-state index contributed by atoms with van der Waals surface area (Å²) >= 11 is 0. The zero-order valence-electron chi connectivity index (χ0n) is 10.9. The van der Waals surface area contributed by atoms with Crippen molar-refractivity contribution in [1.82, 2.24) is 5.16 Å². The molecule has 3 rings (SSSR count). The van der Waals surface area contributed by atoms with Gasteiger partial charge in [0.05, 0.1) is 5.69 Å². The lowest BCUT2D eigenvalue weighted by atomic mass is 9.81. The molecule has 0 N–H and O–H groups in total. The molecule has 2 aromatic rings. The molecule has 0 radical (unpaired) electrons. The molecule has 0 spiro atoms. The van der Waals surface area contributed by atoms with Gasteiger partial charge in [-0.2, -0.15) is 0 Å². The molecule has 94 valence electrons. The highest BCUT2D eigenvalue weighted by Gasteiger charge is 2.29. The van der Waals surface area contributed by atoms with Crippen molar-refractivity contribution in [2.45, 2.75) is 25.2 Å². The fraction of sp³-hybridized carbons (Fsp3) is 0.400. The predicted octanol–water partition coefficient (Wildman–Crippen LogP) is 3.21. The average Bonchev–Trinajstić information content (AvgIpc) is 2.83. The van der Waals surface area contributed by atoms with Crippen LogP contribution in [-0.2, 0) is 6.42 Å². The normalized spacial score (nSPS) is 18.4. The smallest absolute Gasteiger partial charge is 0.230 e. The first-order valence-electron chi connectivity index (χ1n) is 6.48. The highest BCUT2D eigenvalue weighted by molar-refractivity contribution is 5.52. The van der Waals surface area contributed by atoms with Gasteiger partial charge in [-0.25, -0.2) is 0 Å². The van der Waals surface area contributed by atoms with Crippen molar-refractivity contribution in [1.29, 1.82) is 0 Å². The van der Waals surface area contributed by atoms with Gasteiger partial charge in [0.15, 0.2) is 0 Å². The van der Waals surface area contributed by atoms with Crippen LogP contribution in [-0.4, -0.2) is 19.3 Å². The molecule has 0 saturated heterocycles. The molecule has 0 fully saturated rings. The number of hydrogen-bond donors (Lipinski definition) is 0. The number of aryl methyl sites for hydroxylation is 1. The first-order valence-corrected chi connectivity index (χ1v) is 6.48. The van der Waals surface area contributed by atoms with Gasteiger partial charge in [0, 0.05) is 25.6 Å². The van der Waals surface area contributed by atoms with E-state index in [9.17, 15) is 0 Å². The Labute approximate surface area is 107 Å². The minimum absolute atomic E-state index is 0.429. The van der Waals surface area contributed by atoms with Crippen molar-refractivity contribution in [2.75, 3.05) is 19.0 Å². The molecular weight excluding hydrogens is 224 g/mol. The summed E-state index contributed by atoms with van der Waals surface area (Å²) in [6.45, 7) is 0. The monoisotopic (exact) mass is 242 g/mol. The van der Waals surface area contributed by atoms with Crippen LogP contribution in [0.2, 0.25) is 0 Å². The van der Waals surface area contributed by atoms with Crippen LogP contribution in [0.25, 0.3) is 0 Å². The van der Waals surface area contributed by atoms with Crippen molar-refractivity contribution in [2.24, 2.45) is 0 Å². The van der Waals surface area contributed by atoms with Gasteiger partial charge in [0.25, 0.3) is 0 Å². The van der Waals surface area contributed by atoms with E-state index in [0.29, 0.717) is 5.92 Å². The molecule has 1 aromatic heterocycles. The first kappa shape index (κ1) is 11.3. The van der Waals surface area contributed by atoms with Crippen LogP contribution in [0.5, 0.6) is 0 Å². The fourth-order valence-corrected chi connectivity index (χ4v) is 2.81. The lowest BCUT2D eigenvalue weighted by Crippen LogP contribution is -2.15. The Balaban J connectivity index is 2.08. The predicted molar refractivity (Wildman–Crippen MR) is 72.1 cm³/mol. The van der Waals surface area contributed by atoms with E-state index in [4.69, 9.17) is 4.52 Å². The molecule has 18 heavy (non-hydrogen) atoms. The van der Waals surface area contributed by atoms with E-state index in [-0.39, 0.29) is 0 Å². The highest BCUT2D eigenvalue weighted by Crippen LogP contribution is 2.41. The van der Waals surface area contributed by atoms with E-state index in [2.05, 4.69) is 35.5 Å². The van der Waals surface area contributed by atoms with E-state index >= 15 is 0 Å². The lowest BCUT2D eigenvalue weighted by molar-refractivity contribution is 0.415. The van der Waals surface area contributed by atoms with Crippen molar-refractivity contribution >= 4 is 5.88 Å². The Bertz CT molecular complexity index is 531. The molecule has 1 aliphatic rings. The molecule has 0 aliphatic heterocycles. The quantitative estimate of drug-likeness (QED) is 0.809. The van der Waals surface area contributed by atoms with E-state index in [1.807, 2.05) is 19.0 Å². The molecule has 1 unspecified atom stereocenters. The van der Waals surface area contributed by atoms with Crippen LogP contribution in [0.3, 0.4) is 0 Å². The Hall–Kier alpha value is -1.77. The van der Waals surface area contributed by atoms with Gasteiger partial charge in [-0.15, -0.1) is 0 Å². The second-order valence-corrected chi connectivity index (χ2v) is 5.10. The molecule has 3 heteroatoms. The molecular formula is C15H18N2O. The third kappa shape index (κ3) is 1.80. The van der Waals surface area contributed by atoms with Crippen molar-refractivity contribution < 1.29 is 4.52 Å². The Kier molecular flexibility index (Phi) is 2.82. The van der Waals surface area contributed by atoms with Crippen LogP contribution >= 0.6 is 0 Å². The Morgan fingerprint density at radius 1 is 1.22 bits per heavy atom. The number of nitrogens with zero attached hydrogens (tertiary/aromatic N) is 2. The topological polar surface area (TPSA) is 29.3 Å². The molecule has 1 atom stereocenters. The number of rotatable bonds is 2. The standard InChI is InChI=1S/C15H18N2O/c1-17(2)15-14-12(11-7-4-3-5-8-11)9-6-10-13(14)16-18-15/h3-5,7-8,12H,6,9-10H2,1-2H3. The summed E-state index contributed by atoms with van der Waals surface area (Å²) in [7, 11) is 4.02. The van der Waals surface area contributed by atoms with E-state index in [1.54, 1.807) is 0 Å². The fourth-order valence-electron chi connectivity index (χ4n) is 2.81. The summed E-state index contributed by atoms with van der Waals surface area (Å²) in [5.74, 6) is 1.34. The highest BCUT2D eigenvalue weighted by atomic mass is 16.5. The van der Waals surface area contributed by atoms with Crippen LogP contribution in [0.4, 0.5) is 5.88 Å². The maximum Gasteiger partial charge on any atom is 0.230 e. The minimum atomic E-state index is 0.429. The largest absolute Gasteiger partial charge is 0.346 e. The van der Waals surface area contributed by atoms with Gasteiger partial charge >= 0.3 is 0 Å². The van der Waals surface area contributed by atoms with Crippen LogP contribution in [0, 0.1) is 0 Å². The van der Waals surface area contributed by atoms with Crippen LogP contribution < -0.4 is 4.90 Å². The maximum absolute atomic E-state index is 5.51. The second-order valence-electron chi connectivity index (χ2n) is 5.10. The maximum atomic E-state index is 5.51. The van der Waals surface area contributed by atoms with Gasteiger partial charge in [-0.1, -0.05) is 35.5 Å². The summed E-state index contributed by atoms with van der Waals surface area (Å²) < 4.78 is 5.51. The molecule has 1 aromatic carbocycles. The van der Waals surface area contributed by atoms with Gasteiger partial charge in [0.2, 0.25) is 5.88 Å². The van der Waals surface area contributed by atoms with Crippen molar-refractivity contribution in [3.63, 3.8) is 0 Å². The minimum Gasteiger partial charge on any atom is -0.346 e. The number of benzene rings is 1. The van der Waals surface area contributed by atoms with E-state index in [0.717, 1.165) is 18.0 Å². The van der Waals surface area contributed by atoms with Gasteiger partial charge in [-0.3, -0.25) is 0 Å². The van der Waals surface area contributed by atoms with Gasteiger partial charge < -0.3 is 9.42 Å². The van der Waals surface area contributed by atoms with Crippen molar-refractivity contribution in [3.8, 4) is 0 Å². The lowest BCUT2D eigenvalue weighted by Gasteiger charge is -2.23. The number of anilines is 1. The molecule has 0 amide bonds. The summed E-state index contributed by atoms with van der Waals surface area (Å²) in [6, 6.07) is 10.7. The zero-order chi connectivity index (χ0) is 12.5. The Morgan fingerprint density at radius 3 is 2.72 bits per heavy atom. The van der Waals surface area contributed by atoms with Crippen LogP contribution in [0.1, 0.15) is 35.6 Å². The summed E-state index contributed by atoms with van der Waals surface area (Å²) in [4.78, 5) is 2.02. The molecule has 0 saturated carbocycles. The number of aromatic nitrogens is 1. The van der Waals surface area contributed by atoms with Crippen LogP contribution in [0.15, 0.2) is 34.9 Å². The summed E-state index contributed by atoms with van der Waals surface area (Å²) in [5.41, 5.74) is 3.79. The Morgan fingerprint density at radius 2 is 2.00 bits per heavy atom. The number of hydrogen-bond acceptors (Lipinski definition) is 3. The van der Waals surface area contributed by atoms with Crippen molar-refractivity contribution in [3.05, 3.63) is 47.2 Å². The zero-order valence-corrected chi connectivity index (χ0v) is 10.9.